The molecule has 1 amide bonds. The normalized spacial score (nSPS) is 11.5. The number of ether oxygens (including phenoxy) is 2. The first-order valence-corrected chi connectivity index (χ1v) is 8.32. The summed E-state index contributed by atoms with van der Waals surface area (Å²) in [6.07, 6.45) is 0. The first-order valence-electron chi connectivity index (χ1n) is 7.53. The fourth-order valence-electron chi connectivity index (χ4n) is 1.98. The zero-order valence-corrected chi connectivity index (χ0v) is 15.1. The second-order valence-corrected chi connectivity index (χ2v) is 6.16. The van der Waals surface area contributed by atoms with E-state index >= 15 is 0 Å². The Morgan fingerprint density at radius 2 is 1.72 bits per heavy atom. The predicted molar refractivity (Wildman–Crippen MR) is 93.6 cm³/mol. The van der Waals surface area contributed by atoms with Crippen LogP contribution in [-0.2, 0) is 14.3 Å². The maximum atomic E-state index is 12.7. The minimum absolute atomic E-state index is 0.213. The van der Waals surface area contributed by atoms with Crippen LogP contribution < -0.4 is 10.1 Å². The van der Waals surface area contributed by atoms with Gasteiger partial charge >= 0.3 is 5.97 Å². The molecule has 1 atom stereocenters. The van der Waals surface area contributed by atoms with Crippen molar-refractivity contribution >= 4 is 27.8 Å². The van der Waals surface area contributed by atoms with Crippen LogP contribution in [0.2, 0.25) is 0 Å². The highest BCUT2D eigenvalue weighted by Crippen LogP contribution is 2.16. The summed E-state index contributed by atoms with van der Waals surface area (Å²) in [7, 11) is 0. The first-order chi connectivity index (χ1) is 11.9. The van der Waals surface area contributed by atoms with Crippen LogP contribution in [0, 0.1) is 5.82 Å². The van der Waals surface area contributed by atoms with Crippen molar-refractivity contribution in [2.75, 3.05) is 13.2 Å². The van der Waals surface area contributed by atoms with Crippen LogP contribution in [0.25, 0.3) is 0 Å². The van der Waals surface area contributed by atoms with Crippen molar-refractivity contribution < 1.29 is 23.5 Å². The molecule has 0 radical (unpaired) electrons. The molecule has 0 aliphatic heterocycles. The summed E-state index contributed by atoms with van der Waals surface area (Å²) in [5.41, 5.74) is 0.933. The van der Waals surface area contributed by atoms with Gasteiger partial charge < -0.3 is 14.8 Å². The van der Waals surface area contributed by atoms with E-state index in [0.717, 1.165) is 10.0 Å². The average Bonchev–Trinajstić information content (AvgIpc) is 2.60. The smallest absolute Gasteiger partial charge is 0.344 e. The Bertz CT molecular complexity index is 719. The lowest BCUT2D eigenvalue weighted by Crippen LogP contribution is -2.31. The quantitative estimate of drug-likeness (QED) is 0.711. The zero-order chi connectivity index (χ0) is 18.2. The number of esters is 1. The standard InChI is InChI=1S/C18H17BrFNO4/c1-12(13-2-4-14(19)5-3-13)21-17(22)10-25-18(23)11-24-16-8-6-15(20)7-9-16/h2-9,12H,10-11H2,1H3,(H,21,22)/t12-/m0/s1. The SMILES string of the molecule is C[C@H](NC(=O)COC(=O)COc1ccc(F)cc1)c1ccc(Br)cc1. The van der Waals surface area contributed by atoms with E-state index < -0.39 is 24.3 Å². The number of amides is 1. The summed E-state index contributed by atoms with van der Waals surface area (Å²) in [5.74, 6) is -1.15. The number of rotatable bonds is 7. The van der Waals surface area contributed by atoms with Gasteiger partial charge in [0.25, 0.3) is 5.91 Å². The molecule has 0 saturated carbocycles. The predicted octanol–water partition coefficient (Wildman–Crippen LogP) is 3.39. The molecule has 1 N–H and O–H groups in total. The molecule has 0 saturated heterocycles. The second-order valence-electron chi connectivity index (χ2n) is 5.24. The van der Waals surface area contributed by atoms with E-state index in [1.54, 1.807) is 0 Å². The van der Waals surface area contributed by atoms with Gasteiger partial charge in [0.05, 0.1) is 6.04 Å². The van der Waals surface area contributed by atoms with Crippen molar-refractivity contribution in [1.29, 1.82) is 0 Å². The maximum Gasteiger partial charge on any atom is 0.344 e. The highest BCUT2D eigenvalue weighted by atomic mass is 79.9. The zero-order valence-electron chi connectivity index (χ0n) is 13.5. The number of benzene rings is 2. The van der Waals surface area contributed by atoms with Crippen LogP contribution in [0.15, 0.2) is 53.0 Å². The molecule has 0 aliphatic carbocycles. The molecule has 5 nitrogen and oxygen atoms in total. The molecule has 0 aromatic heterocycles. The Labute approximate surface area is 153 Å². The fraction of sp³-hybridized carbons (Fsp3) is 0.222. The van der Waals surface area contributed by atoms with Crippen molar-refractivity contribution in [1.82, 2.24) is 5.32 Å². The first kappa shape index (κ1) is 18.9. The molecule has 2 rings (SSSR count). The lowest BCUT2D eigenvalue weighted by molar-refractivity contribution is -0.150. The van der Waals surface area contributed by atoms with Gasteiger partial charge in [-0.3, -0.25) is 4.79 Å². The molecule has 0 fully saturated rings. The number of hydrogen-bond donors (Lipinski definition) is 1. The van der Waals surface area contributed by atoms with Crippen LogP contribution in [0.3, 0.4) is 0 Å². The van der Waals surface area contributed by atoms with E-state index in [1.807, 2.05) is 31.2 Å². The van der Waals surface area contributed by atoms with E-state index in [2.05, 4.69) is 21.2 Å². The van der Waals surface area contributed by atoms with Gasteiger partial charge in [-0.15, -0.1) is 0 Å². The van der Waals surface area contributed by atoms with Crippen molar-refractivity contribution in [2.24, 2.45) is 0 Å². The molecule has 0 unspecified atom stereocenters. The summed E-state index contributed by atoms with van der Waals surface area (Å²) in [6.45, 7) is 1.08. The highest BCUT2D eigenvalue weighted by molar-refractivity contribution is 9.10. The summed E-state index contributed by atoms with van der Waals surface area (Å²) >= 11 is 3.35. The van der Waals surface area contributed by atoms with E-state index in [9.17, 15) is 14.0 Å². The minimum Gasteiger partial charge on any atom is -0.482 e. The topological polar surface area (TPSA) is 64.6 Å². The van der Waals surface area contributed by atoms with E-state index in [1.165, 1.54) is 24.3 Å². The molecular formula is C18H17BrFNO4. The molecule has 7 heteroatoms. The van der Waals surface area contributed by atoms with Crippen molar-refractivity contribution in [3.8, 4) is 5.75 Å². The Kier molecular flexibility index (Phi) is 6.94. The molecular weight excluding hydrogens is 393 g/mol. The summed E-state index contributed by atoms with van der Waals surface area (Å²) in [5, 5.41) is 2.74. The number of nitrogens with one attached hydrogen (secondary N) is 1. The molecule has 25 heavy (non-hydrogen) atoms. The lowest BCUT2D eigenvalue weighted by atomic mass is 10.1. The minimum atomic E-state index is -0.684. The van der Waals surface area contributed by atoms with Gasteiger partial charge in [-0.05, 0) is 48.9 Å². The molecule has 0 heterocycles. The Balaban J connectivity index is 1.70. The summed E-state index contributed by atoms with van der Waals surface area (Å²) < 4.78 is 23.7. The van der Waals surface area contributed by atoms with Gasteiger partial charge in [0.15, 0.2) is 13.2 Å². The molecule has 0 aliphatic rings. The Morgan fingerprint density at radius 3 is 2.36 bits per heavy atom. The Morgan fingerprint density at radius 1 is 1.08 bits per heavy atom. The van der Waals surface area contributed by atoms with Gasteiger partial charge in [0.2, 0.25) is 0 Å². The van der Waals surface area contributed by atoms with Gasteiger partial charge in [0, 0.05) is 4.47 Å². The van der Waals surface area contributed by atoms with Gasteiger partial charge in [-0.2, -0.15) is 0 Å². The summed E-state index contributed by atoms with van der Waals surface area (Å²) in [6, 6.07) is 12.6. The molecule has 2 aromatic carbocycles. The van der Waals surface area contributed by atoms with Crippen LogP contribution in [-0.4, -0.2) is 25.1 Å². The number of carbonyl (C=O) groups excluding carboxylic acids is 2. The van der Waals surface area contributed by atoms with Crippen molar-refractivity contribution in [3.63, 3.8) is 0 Å². The Hall–Kier alpha value is -2.41. The summed E-state index contributed by atoms with van der Waals surface area (Å²) in [4.78, 5) is 23.4. The monoisotopic (exact) mass is 409 g/mol. The largest absolute Gasteiger partial charge is 0.482 e. The van der Waals surface area contributed by atoms with Crippen LogP contribution in [0.1, 0.15) is 18.5 Å². The number of hydrogen-bond acceptors (Lipinski definition) is 4. The van der Waals surface area contributed by atoms with E-state index in [0.29, 0.717) is 5.75 Å². The van der Waals surface area contributed by atoms with Gasteiger partial charge in [-0.1, -0.05) is 28.1 Å². The third-order valence-electron chi connectivity index (χ3n) is 3.28. The van der Waals surface area contributed by atoms with Crippen molar-refractivity contribution in [3.05, 3.63) is 64.4 Å². The number of halogens is 2. The molecule has 132 valence electrons. The van der Waals surface area contributed by atoms with Crippen molar-refractivity contribution in [2.45, 2.75) is 13.0 Å². The highest BCUT2D eigenvalue weighted by Gasteiger charge is 2.12. The second kappa shape index (κ2) is 9.17. The molecule has 0 spiro atoms. The lowest BCUT2D eigenvalue weighted by Gasteiger charge is -2.14. The maximum absolute atomic E-state index is 12.7. The van der Waals surface area contributed by atoms with Gasteiger partial charge in [-0.25, -0.2) is 9.18 Å². The van der Waals surface area contributed by atoms with Crippen LogP contribution >= 0.6 is 15.9 Å². The molecule has 2 aromatic rings. The average molecular weight is 410 g/mol. The van der Waals surface area contributed by atoms with Crippen LogP contribution in [0.5, 0.6) is 5.75 Å². The van der Waals surface area contributed by atoms with E-state index in [4.69, 9.17) is 9.47 Å². The third-order valence-corrected chi connectivity index (χ3v) is 3.81. The van der Waals surface area contributed by atoms with Crippen LogP contribution in [0.4, 0.5) is 4.39 Å². The fourth-order valence-corrected chi connectivity index (χ4v) is 2.24. The van der Waals surface area contributed by atoms with E-state index in [-0.39, 0.29) is 12.6 Å². The van der Waals surface area contributed by atoms with Gasteiger partial charge in [0.1, 0.15) is 11.6 Å². The molecule has 0 bridgehead atoms. The third kappa shape index (κ3) is 6.54. The number of carbonyl (C=O) groups is 2.